The first-order chi connectivity index (χ1) is 9.06. The molecule has 1 aliphatic rings. The second-order valence-electron chi connectivity index (χ2n) is 4.71. The van der Waals surface area contributed by atoms with Crippen molar-refractivity contribution in [2.45, 2.75) is 38.1 Å². The summed E-state index contributed by atoms with van der Waals surface area (Å²) in [4.78, 5) is 25.7. The second kappa shape index (κ2) is 6.39. The van der Waals surface area contributed by atoms with Crippen molar-refractivity contribution in [3.05, 3.63) is 21.3 Å². The van der Waals surface area contributed by atoms with Crippen molar-refractivity contribution >= 4 is 34.8 Å². The number of carbonyl (C=O) groups is 2. The average molecular weight is 302 g/mol. The first kappa shape index (κ1) is 14.3. The van der Waals surface area contributed by atoms with Crippen LogP contribution in [0, 0.1) is 0 Å². The molecule has 1 aromatic rings. The number of halogens is 1. The minimum absolute atomic E-state index is 0.0493. The molecule has 19 heavy (non-hydrogen) atoms. The van der Waals surface area contributed by atoms with Gasteiger partial charge >= 0.3 is 5.97 Å². The maximum Gasteiger partial charge on any atom is 0.305 e. The number of nitrogens with zero attached hydrogens (tertiary/aromatic N) is 1. The Kier molecular flexibility index (Phi) is 4.82. The van der Waals surface area contributed by atoms with E-state index >= 15 is 0 Å². The lowest BCUT2D eigenvalue weighted by atomic mass is 10.1. The number of carbonyl (C=O) groups excluding carboxylic acids is 1. The molecule has 1 atom stereocenters. The monoisotopic (exact) mass is 301 g/mol. The Morgan fingerprint density at radius 1 is 1.53 bits per heavy atom. The summed E-state index contributed by atoms with van der Waals surface area (Å²) in [6.07, 6.45) is 2.84. The topological polar surface area (TPSA) is 57.6 Å². The minimum Gasteiger partial charge on any atom is -0.481 e. The lowest BCUT2D eigenvalue weighted by Crippen LogP contribution is -2.36. The van der Waals surface area contributed by atoms with Crippen LogP contribution >= 0.6 is 22.9 Å². The van der Waals surface area contributed by atoms with Crippen LogP contribution in [-0.4, -0.2) is 34.5 Å². The predicted octanol–water partition coefficient (Wildman–Crippen LogP) is 2.80. The molecule has 104 valence electrons. The Morgan fingerprint density at radius 2 is 2.32 bits per heavy atom. The lowest BCUT2D eigenvalue weighted by molar-refractivity contribution is -0.139. The number of amides is 1. The highest BCUT2D eigenvalue weighted by atomic mass is 35.5. The third-order valence-electron chi connectivity index (χ3n) is 3.31. The van der Waals surface area contributed by atoms with Crippen molar-refractivity contribution in [2.24, 2.45) is 0 Å². The number of aliphatic carboxylic acids is 1. The number of carboxylic acids is 1. The molecule has 0 spiro atoms. The molecule has 1 aliphatic heterocycles. The summed E-state index contributed by atoms with van der Waals surface area (Å²) in [5.74, 6) is -0.789. The first-order valence-corrected chi connectivity index (χ1v) is 7.56. The summed E-state index contributed by atoms with van der Waals surface area (Å²) in [5, 5.41) is 11.4. The summed E-state index contributed by atoms with van der Waals surface area (Å²) in [6, 6.07) is 1.75. The van der Waals surface area contributed by atoms with E-state index in [1.54, 1.807) is 16.2 Å². The highest BCUT2D eigenvalue weighted by Crippen LogP contribution is 2.23. The largest absolute Gasteiger partial charge is 0.481 e. The van der Waals surface area contributed by atoms with E-state index in [1.807, 2.05) is 11.4 Å². The fourth-order valence-corrected chi connectivity index (χ4v) is 3.51. The van der Waals surface area contributed by atoms with E-state index in [1.165, 1.54) is 0 Å². The number of likely N-dealkylation sites (tertiary alicyclic amines) is 1. The number of rotatable bonds is 5. The second-order valence-corrected chi connectivity index (χ2v) is 6.14. The molecule has 1 N–H and O–H groups in total. The Morgan fingerprint density at radius 3 is 2.95 bits per heavy atom. The van der Waals surface area contributed by atoms with Gasteiger partial charge in [0.1, 0.15) is 0 Å². The zero-order chi connectivity index (χ0) is 13.8. The highest BCUT2D eigenvalue weighted by molar-refractivity contribution is 7.10. The quantitative estimate of drug-likeness (QED) is 0.910. The fourth-order valence-electron chi connectivity index (χ4n) is 2.44. The molecule has 1 unspecified atom stereocenters. The van der Waals surface area contributed by atoms with E-state index < -0.39 is 5.97 Å². The number of aryl methyl sites for hydroxylation is 1. The average Bonchev–Trinajstić information content (AvgIpc) is 2.94. The van der Waals surface area contributed by atoms with Gasteiger partial charge in [-0.25, -0.2) is 0 Å². The van der Waals surface area contributed by atoms with E-state index in [9.17, 15) is 9.59 Å². The van der Waals surface area contributed by atoms with Gasteiger partial charge in [-0.2, -0.15) is 0 Å². The van der Waals surface area contributed by atoms with Gasteiger partial charge in [-0.15, -0.1) is 11.3 Å². The minimum atomic E-state index is -0.838. The number of carboxylic acid groups (broad SMARTS) is 1. The molecular weight excluding hydrogens is 286 g/mol. The van der Waals surface area contributed by atoms with Crippen LogP contribution < -0.4 is 0 Å². The molecule has 1 amide bonds. The summed E-state index contributed by atoms with van der Waals surface area (Å²) >= 11 is 7.38. The molecule has 2 rings (SSSR count). The zero-order valence-electron chi connectivity index (χ0n) is 10.5. The van der Waals surface area contributed by atoms with E-state index in [4.69, 9.17) is 16.7 Å². The molecule has 0 radical (unpaired) electrons. The normalized spacial score (nSPS) is 18.8. The van der Waals surface area contributed by atoms with Gasteiger partial charge in [0.05, 0.1) is 11.4 Å². The van der Waals surface area contributed by atoms with Crippen molar-refractivity contribution in [1.82, 2.24) is 4.90 Å². The van der Waals surface area contributed by atoms with Crippen LogP contribution in [0.25, 0.3) is 0 Å². The van der Waals surface area contributed by atoms with Gasteiger partial charge in [-0.1, -0.05) is 11.6 Å². The number of hydrogen-bond acceptors (Lipinski definition) is 3. The Labute approximate surface area is 121 Å². The Bertz CT molecular complexity index is 474. The van der Waals surface area contributed by atoms with Crippen LogP contribution in [0.2, 0.25) is 5.02 Å². The van der Waals surface area contributed by atoms with Crippen molar-refractivity contribution in [2.75, 3.05) is 6.54 Å². The molecule has 4 nitrogen and oxygen atoms in total. The maximum absolute atomic E-state index is 12.1. The van der Waals surface area contributed by atoms with Crippen LogP contribution in [0.5, 0.6) is 0 Å². The molecule has 1 saturated heterocycles. The van der Waals surface area contributed by atoms with Crippen molar-refractivity contribution in [1.29, 1.82) is 0 Å². The predicted molar refractivity (Wildman–Crippen MR) is 74.6 cm³/mol. The van der Waals surface area contributed by atoms with Crippen molar-refractivity contribution in [3.63, 3.8) is 0 Å². The first-order valence-electron chi connectivity index (χ1n) is 6.30. The molecule has 0 aromatic carbocycles. The van der Waals surface area contributed by atoms with Gasteiger partial charge in [0.25, 0.3) is 0 Å². The smallest absolute Gasteiger partial charge is 0.305 e. The molecule has 0 bridgehead atoms. The highest BCUT2D eigenvalue weighted by Gasteiger charge is 2.29. The third kappa shape index (κ3) is 3.94. The molecule has 0 aliphatic carbocycles. The van der Waals surface area contributed by atoms with Gasteiger partial charge in [0, 0.05) is 29.3 Å². The summed E-state index contributed by atoms with van der Waals surface area (Å²) in [5.41, 5.74) is 0. The van der Waals surface area contributed by atoms with Crippen molar-refractivity contribution < 1.29 is 14.7 Å². The summed E-state index contributed by atoms with van der Waals surface area (Å²) in [7, 11) is 0. The Balaban J connectivity index is 1.86. The van der Waals surface area contributed by atoms with E-state index in [2.05, 4.69) is 0 Å². The van der Waals surface area contributed by atoms with Crippen LogP contribution in [0.15, 0.2) is 11.4 Å². The van der Waals surface area contributed by atoms with Gasteiger partial charge in [0.15, 0.2) is 0 Å². The Hall–Kier alpha value is -1.07. The fraction of sp³-hybridized carbons (Fsp3) is 0.538. The number of hydrogen-bond donors (Lipinski definition) is 1. The molecule has 1 fully saturated rings. The standard InChI is InChI=1S/C13H16ClNO3S/c14-9-6-11(19-8-9)3-4-12(16)15-5-1-2-10(15)7-13(17)18/h6,8,10H,1-5,7H2,(H,17,18). The lowest BCUT2D eigenvalue weighted by Gasteiger charge is -2.23. The zero-order valence-corrected chi connectivity index (χ0v) is 12.0. The van der Waals surface area contributed by atoms with Gasteiger partial charge < -0.3 is 10.0 Å². The van der Waals surface area contributed by atoms with Crippen LogP contribution in [-0.2, 0) is 16.0 Å². The van der Waals surface area contributed by atoms with Crippen LogP contribution in [0.1, 0.15) is 30.6 Å². The van der Waals surface area contributed by atoms with E-state index in [0.29, 0.717) is 24.4 Å². The molecule has 6 heteroatoms. The maximum atomic E-state index is 12.1. The molecule has 0 saturated carbocycles. The third-order valence-corrected chi connectivity index (χ3v) is 4.66. The molecular formula is C13H16ClNO3S. The van der Waals surface area contributed by atoms with E-state index in [0.717, 1.165) is 17.7 Å². The summed E-state index contributed by atoms with van der Waals surface area (Å²) in [6.45, 7) is 0.683. The molecule has 2 heterocycles. The van der Waals surface area contributed by atoms with Crippen LogP contribution in [0.3, 0.4) is 0 Å². The SMILES string of the molecule is O=C(O)CC1CCCN1C(=O)CCc1cc(Cl)cs1. The van der Waals surface area contributed by atoms with Gasteiger partial charge in [0.2, 0.25) is 5.91 Å². The summed E-state index contributed by atoms with van der Waals surface area (Å²) < 4.78 is 0. The van der Waals surface area contributed by atoms with Gasteiger partial charge in [-0.3, -0.25) is 9.59 Å². The number of thiophene rings is 1. The van der Waals surface area contributed by atoms with Gasteiger partial charge in [-0.05, 0) is 25.3 Å². The van der Waals surface area contributed by atoms with Crippen LogP contribution in [0.4, 0.5) is 0 Å². The molecule has 1 aromatic heterocycles. The van der Waals surface area contributed by atoms with Crippen molar-refractivity contribution in [3.8, 4) is 0 Å². The van der Waals surface area contributed by atoms with E-state index in [-0.39, 0.29) is 18.4 Å².